The second kappa shape index (κ2) is 10.3. The minimum absolute atomic E-state index is 0.181. The first-order chi connectivity index (χ1) is 14.2. The molecule has 1 saturated heterocycles. The van der Waals surface area contributed by atoms with E-state index in [9.17, 15) is 4.79 Å². The van der Waals surface area contributed by atoms with Crippen LogP contribution in [0.5, 0.6) is 0 Å². The molecule has 3 nitrogen and oxygen atoms in total. The molecule has 1 aliphatic heterocycles. The van der Waals surface area contributed by atoms with Gasteiger partial charge in [-0.15, -0.1) is 13.2 Å². The topological polar surface area (TPSA) is 29.5 Å². The molecule has 0 bridgehead atoms. The predicted molar refractivity (Wildman–Crippen MR) is 119 cm³/mol. The van der Waals surface area contributed by atoms with Gasteiger partial charge in [0, 0.05) is 17.5 Å². The Kier molecular flexibility index (Phi) is 7.56. The van der Waals surface area contributed by atoms with E-state index in [0.717, 1.165) is 37.9 Å². The molecule has 3 heteroatoms. The fourth-order valence-electron chi connectivity index (χ4n) is 4.44. The molecule has 0 N–H and O–H groups in total. The summed E-state index contributed by atoms with van der Waals surface area (Å²) in [5.41, 5.74) is 1.80. The minimum Gasteiger partial charge on any atom is -0.377 e. The number of Topliss-reactive ketones (excluding diaryl/α,β-unsaturated/α-hetero) is 1. The highest BCUT2D eigenvalue weighted by Crippen LogP contribution is 2.42. The standard InChI is InChI=1S/C26H31NO2/c1-3-16-26(21-29-20-4-2)17-19-27(18-15-22-11-7-5-8-12-22)25(26)24(28)23-13-9-6-10-14-23/h3-14,25H,1-2,15-21H2/t25-,26-/m1/s1. The van der Waals surface area contributed by atoms with Gasteiger partial charge in [-0.3, -0.25) is 9.69 Å². The fraction of sp³-hybridized carbons (Fsp3) is 0.346. The second-order valence-electron chi connectivity index (χ2n) is 7.81. The number of nitrogens with zero attached hydrogens (tertiary/aromatic N) is 1. The van der Waals surface area contributed by atoms with Crippen LogP contribution in [0.25, 0.3) is 0 Å². The molecule has 2 aromatic rings. The number of hydrogen-bond donors (Lipinski definition) is 0. The number of benzene rings is 2. The normalized spacial score (nSPS) is 21.7. The van der Waals surface area contributed by atoms with Crippen LogP contribution < -0.4 is 0 Å². The van der Waals surface area contributed by atoms with Crippen molar-refractivity contribution in [2.45, 2.75) is 25.3 Å². The first-order valence-electron chi connectivity index (χ1n) is 10.4. The Bertz CT molecular complexity index is 802. The predicted octanol–water partition coefficient (Wildman–Crippen LogP) is 4.95. The highest BCUT2D eigenvalue weighted by Gasteiger charge is 2.50. The quantitative estimate of drug-likeness (QED) is 0.309. The smallest absolute Gasteiger partial charge is 0.180 e. The molecular formula is C26H31NO2. The lowest BCUT2D eigenvalue weighted by molar-refractivity contribution is 0.0305. The molecule has 29 heavy (non-hydrogen) atoms. The third-order valence-electron chi connectivity index (χ3n) is 5.86. The van der Waals surface area contributed by atoms with E-state index in [0.29, 0.717) is 13.2 Å². The molecule has 0 radical (unpaired) electrons. The minimum atomic E-state index is -0.256. The first kappa shape index (κ1) is 21.2. The highest BCUT2D eigenvalue weighted by molar-refractivity contribution is 6.01. The van der Waals surface area contributed by atoms with Gasteiger partial charge in [0.1, 0.15) is 0 Å². The second-order valence-corrected chi connectivity index (χ2v) is 7.81. The van der Waals surface area contributed by atoms with Crippen molar-refractivity contribution in [1.82, 2.24) is 4.90 Å². The maximum atomic E-state index is 13.6. The Labute approximate surface area is 174 Å². The molecule has 2 aromatic carbocycles. The van der Waals surface area contributed by atoms with Crippen LogP contribution >= 0.6 is 0 Å². The van der Waals surface area contributed by atoms with Gasteiger partial charge in [-0.05, 0) is 31.4 Å². The van der Waals surface area contributed by atoms with Gasteiger partial charge in [0.05, 0.1) is 19.3 Å². The van der Waals surface area contributed by atoms with E-state index in [1.807, 2.05) is 42.5 Å². The summed E-state index contributed by atoms with van der Waals surface area (Å²) in [7, 11) is 0. The van der Waals surface area contributed by atoms with Gasteiger partial charge in [0.2, 0.25) is 0 Å². The van der Waals surface area contributed by atoms with Gasteiger partial charge in [0.25, 0.3) is 0 Å². The maximum absolute atomic E-state index is 13.6. The van der Waals surface area contributed by atoms with Crippen LogP contribution in [0.3, 0.4) is 0 Å². The molecule has 0 saturated carbocycles. The Hall–Kier alpha value is -2.49. The average Bonchev–Trinajstić information content (AvgIpc) is 3.11. The van der Waals surface area contributed by atoms with Crippen molar-refractivity contribution in [1.29, 1.82) is 0 Å². The van der Waals surface area contributed by atoms with E-state index in [-0.39, 0.29) is 17.2 Å². The molecule has 0 aromatic heterocycles. The van der Waals surface area contributed by atoms with E-state index in [1.54, 1.807) is 6.08 Å². The van der Waals surface area contributed by atoms with Gasteiger partial charge in [-0.2, -0.15) is 0 Å². The van der Waals surface area contributed by atoms with Gasteiger partial charge >= 0.3 is 0 Å². The van der Waals surface area contributed by atoms with Crippen LogP contribution in [-0.4, -0.2) is 43.0 Å². The summed E-state index contributed by atoms with van der Waals surface area (Å²) in [5, 5.41) is 0. The fourth-order valence-corrected chi connectivity index (χ4v) is 4.44. The van der Waals surface area contributed by atoms with Crippen LogP contribution in [0.1, 0.15) is 28.8 Å². The Balaban J connectivity index is 1.87. The third-order valence-corrected chi connectivity index (χ3v) is 5.86. The number of rotatable bonds is 11. The zero-order valence-electron chi connectivity index (χ0n) is 17.1. The van der Waals surface area contributed by atoms with Gasteiger partial charge in [-0.25, -0.2) is 0 Å². The third kappa shape index (κ3) is 5.11. The molecule has 1 fully saturated rings. The maximum Gasteiger partial charge on any atom is 0.180 e. The highest BCUT2D eigenvalue weighted by atomic mass is 16.5. The van der Waals surface area contributed by atoms with Crippen LogP contribution in [0.15, 0.2) is 86.0 Å². The molecule has 1 heterocycles. The molecule has 0 amide bonds. The average molecular weight is 390 g/mol. The Morgan fingerprint density at radius 3 is 2.41 bits per heavy atom. The number of ether oxygens (including phenoxy) is 1. The SMILES string of the molecule is C=CCOC[C@@]1(CC=C)CCN(CCc2ccccc2)[C@@H]1C(=O)c1ccccc1. The summed E-state index contributed by atoms with van der Waals surface area (Å²) in [6.07, 6.45) is 6.31. The lowest BCUT2D eigenvalue weighted by Crippen LogP contribution is -2.48. The molecule has 2 atom stereocenters. The molecule has 152 valence electrons. The van der Waals surface area contributed by atoms with Crippen molar-refractivity contribution in [2.24, 2.45) is 5.41 Å². The number of allylic oxidation sites excluding steroid dienone is 1. The summed E-state index contributed by atoms with van der Waals surface area (Å²) < 4.78 is 5.91. The van der Waals surface area contributed by atoms with Crippen LogP contribution in [-0.2, 0) is 11.2 Å². The molecule has 3 rings (SSSR count). The van der Waals surface area contributed by atoms with E-state index in [1.165, 1.54) is 5.56 Å². The molecule has 1 aliphatic rings. The summed E-state index contributed by atoms with van der Waals surface area (Å²) >= 11 is 0. The first-order valence-corrected chi connectivity index (χ1v) is 10.4. The van der Waals surface area contributed by atoms with Gasteiger partial charge in [0.15, 0.2) is 5.78 Å². The number of likely N-dealkylation sites (tertiary alicyclic amines) is 1. The van der Waals surface area contributed by atoms with E-state index < -0.39 is 0 Å². The summed E-state index contributed by atoms with van der Waals surface area (Å²) in [6.45, 7) is 10.5. The molecular weight excluding hydrogens is 358 g/mol. The molecule has 0 aliphatic carbocycles. The van der Waals surface area contributed by atoms with E-state index in [4.69, 9.17) is 4.74 Å². The zero-order chi connectivity index (χ0) is 20.5. The zero-order valence-corrected chi connectivity index (χ0v) is 17.1. The number of carbonyl (C=O) groups excluding carboxylic acids is 1. The number of ketones is 1. The summed E-state index contributed by atoms with van der Waals surface area (Å²) in [6, 6.07) is 19.9. The number of hydrogen-bond acceptors (Lipinski definition) is 3. The molecule has 0 spiro atoms. The molecule has 0 unspecified atom stereocenters. The van der Waals surface area contributed by atoms with Crippen molar-refractivity contribution < 1.29 is 9.53 Å². The lowest BCUT2D eigenvalue weighted by atomic mass is 9.75. The number of carbonyl (C=O) groups is 1. The monoisotopic (exact) mass is 389 g/mol. The Morgan fingerprint density at radius 1 is 1.07 bits per heavy atom. The van der Waals surface area contributed by atoms with E-state index >= 15 is 0 Å². The summed E-state index contributed by atoms with van der Waals surface area (Å²) in [5.74, 6) is 0.181. The lowest BCUT2D eigenvalue weighted by Gasteiger charge is -2.36. The largest absolute Gasteiger partial charge is 0.377 e. The van der Waals surface area contributed by atoms with Crippen molar-refractivity contribution >= 4 is 5.78 Å². The van der Waals surface area contributed by atoms with Crippen molar-refractivity contribution in [3.63, 3.8) is 0 Å². The van der Waals surface area contributed by atoms with Crippen molar-refractivity contribution in [3.8, 4) is 0 Å². The van der Waals surface area contributed by atoms with Crippen molar-refractivity contribution in [2.75, 3.05) is 26.3 Å². The van der Waals surface area contributed by atoms with Crippen LogP contribution in [0, 0.1) is 5.41 Å². The van der Waals surface area contributed by atoms with E-state index in [2.05, 4.69) is 42.3 Å². The van der Waals surface area contributed by atoms with Gasteiger partial charge < -0.3 is 4.74 Å². The Morgan fingerprint density at radius 2 is 1.76 bits per heavy atom. The van der Waals surface area contributed by atoms with Gasteiger partial charge in [-0.1, -0.05) is 72.8 Å². The van der Waals surface area contributed by atoms with Crippen LogP contribution in [0.4, 0.5) is 0 Å². The van der Waals surface area contributed by atoms with Crippen molar-refractivity contribution in [3.05, 3.63) is 97.1 Å². The summed E-state index contributed by atoms with van der Waals surface area (Å²) in [4.78, 5) is 16.0. The van der Waals surface area contributed by atoms with Crippen LogP contribution in [0.2, 0.25) is 0 Å².